The van der Waals surface area contributed by atoms with Crippen LogP contribution in [0.3, 0.4) is 0 Å². The van der Waals surface area contributed by atoms with E-state index in [1.807, 2.05) is 12.1 Å². The molecule has 0 amide bonds. The number of fused-ring (bicyclic) bond motifs is 5. The number of aliphatic hydroxyl groups is 3. The first-order chi connectivity index (χ1) is 16.9. The number of hydrogen-bond acceptors (Lipinski definition) is 9. The van der Waals surface area contributed by atoms with Crippen LogP contribution in [-0.4, -0.2) is 128 Å². The number of carbonyl (C=O) groups is 1. The zero-order valence-electron chi connectivity index (χ0n) is 20.8. The summed E-state index contributed by atoms with van der Waals surface area (Å²) in [5.74, 6) is -0.200. The molecule has 3 fully saturated rings. The van der Waals surface area contributed by atoms with Crippen LogP contribution in [0.25, 0.3) is 0 Å². The fourth-order valence-electron chi connectivity index (χ4n) is 7.17. The van der Waals surface area contributed by atoms with Crippen molar-refractivity contribution in [3.63, 3.8) is 0 Å². The second kappa shape index (κ2) is 11.0. The number of aryl methyl sites for hydroxylation is 1. The predicted molar refractivity (Wildman–Crippen MR) is 128 cm³/mol. The molecule has 0 unspecified atom stereocenters. The van der Waals surface area contributed by atoms with Gasteiger partial charge in [-0.15, -0.1) is 0 Å². The van der Waals surface area contributed by atoms with Gasteiger partial charge in [-0.3, -0.25) is 4.55 Å². The van der Waals surface area contributed by atoms with E-state index in [0.29, 0.717) is 18.1 Å². The minimum atomic E-state index is -4.51. The Labute approximate surface area is 257 Å². The Bertz CT molecular complexity index is 1130. The molecular weight excluding hydrogens is 535 g/mol. The molecule has 0 aromatic heterocycles. The maximum atomic E-state index is 11.4. The largest absolute Gasteiger partial charge is 0.479 e. The molecule has 1 heterocycles. The monoisotopic (exact) mass is 567 g/mol. The van der Waals surface area contributed by atoms with E-state index in [9.17, 15) is 38.2 Å². The second-order valence-electron chi connectivity index (χ2n) is 10.8. The van der Waals surface area contributed by atoms with E-state index in [4.69, 9.17) is 13.7 Å². The maximum absolute atomic E-state index is 11.4. The van der Waals surface area contributed by atoms with Crippen LogP contribution in [0.5, 0.6) is 5.75 Å². The Balaban J connectivity index is 0.00000320. The molecule has 0 spiro atoms. The first-order valence-electron chi connectivity index (χ1n) is 12.3. The van der Waals surface area contributed by atoms with Crippen LogP contribution in [0, 0.1) is 17.3 Å². The van der Waals surface area contributed by atoms with E-state index in [1.165, 1.54) is 5.56 Å². The van der Waals surface area contributed by atoms with Crippen LogP contribution in [0.4, 0.5) is 0 Å². The smallest absolute Gasteiger partial charge is 0.397 e. The fourth-order valence-corrected chi connectivity index (χ4v) is 7.78. The number of benzene rings is 1. The van der Waals surface area contributed by atoms with Crippen molar-refractivity contribution in [1.82, 2.24) is 0 Å². The molecule has 37 heavy (non-hydrogen) atoms. The number of carboxylic acids is 1. The van der Waals surface area contributed by atoms with Gasteiger partial charge in [0.2, 0.25) is 6.29 Å². The van der Waals surface area contributed by atoms with Crippen LogP contribution in [0.2, 0.25) is 0 Å². The van der Waals surface area contributed by atoms with Crippen LogP contribution in [0.1, 0.15) is 56.1 Å². The van der Waals surface area contributed by atoms with Gasteiger partial charge >= 0.3 is 16.4 Å². The van der Waals surface area contributed by atoms with Gasteiger partial charge in [-0.05, 0) is 85.0 Å². The fraction of sp³-hybridized carbons (Fsp3) is 0.708. The third-order valence-electron chi connectivity index (χ3n) is 8.91. The summed E-state index contributed by atoms with van der Waals surface area (Å²) in [7, 11) is -4.51. The van der Waals surface area contributed by atoms with Gasteiger partial charge in [-0.1, -0.05) is 13.0 Å². The van der Waals surface area contributed by atoms with E-state index in [-0.39, 0.29) is 68.6 Å². The van der Waals surface area contributed by atoms with Crippen molar-refractivity contribution in [2.24, 2.45) is 17.3 Å². The minimum absolute atomic E-state index is 0. The van der Waals surface area contributed by atoms with Crippen LogP contribution in [0.15, 0.2) is 18.2 Å². The Hall–Kier alpha value is -0.164. The van der Waals surface area contributed by atoms with Gasteiger partial charge in [-0.25, -0.2) is 8.98 Å². The average molecular weight is 568 g/mol. The SMILES string of the molecule is C[C@]12CC[C@@H]3c4ccc(O[C@@H]5O[C@H](C(=O)O)[C@@H](O)[C@H](O)[C@H]5O)cc4CC[C@H]3[C@@H]1CC[C@@H]2OS(=O)(=O)O.[K]. The molecule has 0 bridgehead atoms. The van der Waals surface area contributed by atoms with Crippen molar-refractivity contribution in [3.8, 4) is 5.75 Å². The van der Waals surface area contributed by atoms with Gasteiger partial charge in [0.25, 0.3) is 0 Å². The number of aliphatic hydroxyl groups excluding tert-OH is 3. The van der Waals surface area contributed by atoms with Gasteiger partial charge in [0.1, 0.15) is 24.1 Å². The standard InChI is InChI=1S/C24H32O11S.K/c1-24-9-8-14-13-5-3-12(33-23-20(27)18(25)19(26)21(34-23)22(28)29)10-11(13)2-4-15(14)16(24)6-7-17(24)35-36(30,31)32;/h3,5,10,14-21,23,25-27H,2,4,6-9H2,1H3,(H,28,29)(H,30,31,32);/t14-,15-,16+,17+,18+,19+,20-,21+,23-,24+;/m1./s1. The first kappa shape index (κ1) is 29.8. The number of hydrogen-bond donors (Lipinski definition) is 5. The van der Waals surface area contributed by atoms with Gasteiger partial charge in [0, 0.05) is 51.4 Å². The summed E-state index contributed by atoms with van der Waals surface area (Å²) in [6.45, 7) is 2.06. The molecule has 201 valence electrons. The summed E-state index contributed by atoms with van der Waals surface area (Å²) in [6.07, 6.45) is -4.17. The topological polar surface area (TPSA) is 180 Å². The van der Waals surface area contributed by atoms with Gasteiger partial charge in [0.05, 0.1) is 6.10 Å². The van der Waals surface area contributed by atoms with Crippen LogP contribution in [-0.2, 0) is 30.5 Å². The summed E-state index contributed by atoms with van der Waals surface area (Å²) in [6, 6.07) is 5.51. The molecule has 1 aromatic rings. The van der Waals surface area contributed by atoms with Gasteiger partial charge < -0.3 is 29.9 Å². The van der Waals surface area contributed by atoms with Crippen LogP contribution >= 0.6 is 0 Å². The van der Waals surface area contributed by atoms with Crippen molar-refractivity contribution < 1.29 is 51.8 Å². The van der Waals surface area contributed by atoms with Crippen LogP contribution < -0.4 is 4.74 Å². The second-order valence-corrected chi connectivity index (χ2v) is 11.8. The molecule has 10 atom stereocenters. The van der Waals surface area contributed by atoms with Crippen molar-refractivity contribution >= 4 is 67.8 Å². The molecule has 5 N–H and O–H groups in total. The normalized spacial score (nSPS) is 41.1. The summed E-state index contributed by atoms with van der Waals surface area (Å²) in [5.41, 5.74) is 1.93. The quantitative estimate of drug-likeness (QED) is 0.249. The summed E-state index contributed by atoms with van der Waals surface area (Å²) < 4.78 is 48.0. The summed E-state index contributed by atoms with van der Waals surface area (Å²) in [5, 5.41) is 39.4. The van der Waals surface area contributed by atoms with Crippen molar-refractivity contribution in [2.45, 2.75) is 88.2 Å². The minimum Gasteiger partial charge on any atom is -0.479 e. The number of rotatable bonds is 5. The summed E-state index contributed by atoms with van der Waals surface area (Å²) in [4.78, 5) is 11.3. The van der Waals surface area contributed by atoms with Crippen molar-refractivity contribution in [3.05, 3.63) is 29.3 Å². The molecular formula is C24H32KO11S. The molecule has 2 saturated carbocycles. The first-order valence-corrected chi connectivity index (χ1v) is 13.6. The molecule has 3 aliphatic carbocycles. The molecule has 11 nitrogen and oxygen atoms in total. The zero-order valence-corrected chi connectivity index (χ0v) is 24.7. The van der Waals surface area contributed by atoms with E-state index in [2.05, 4.69) is 6.92 Å². The Kier molecular flexibility index (Phi) is 8.87. The summed E-state index contributed by atoms with van der Waals surface area (Å²) >= 11 is 0. The number of aliphatic carboxylic acids is 1. The molecule has 5 rings (SSSR count). The van der Waals surface area contributed by atoms with E-state index < -0.39 is 53.2 Å². The molecule has 13 heteroatoms. The molecule has 1 aromatic carbocycles. The van der Waals surface area contributed by atoms with Crippen molar-refractivity contribution in [2.75, 3.05) is 0 Å². The maximum Gasteiger partial charge on any atom is 0.397 e. The third-order valence-corrected chi connectivity index (χ3v) is 9.39. The molecule has 1 radical (unpaired) electrons. The number of ether oxygens (including phenoxy) is 2. The predicted octanol–water partition coefficient (Wildman–Crippen LogP) is 0.621. The number of carboxylic acid groups (broad SMARTS) is 1. The van der Waals surface area contributed by atoms with Crippen molar-refractivity contribution in [1.29, 1.82) is 0 Å². The average Bonchev–Trinajstić information content (AvgIpc) is 3.13. The van der Waals surface area contributed by atoms with Gasteiger partial charge in [-0.2, -0.15) is 8.42 Å². The van der Waals surface area contributed by atoms with Gasteiger partial charge in [0.15, 0.2) is 6.10 Å². The zero-order chi connectivity index (χ0) is 26.0. The molecule has 1 aliphatic heterocycles. The molecule has 4 aliphatic rings. The Morgan fingerprint density at radius 2 is 1.81 bits per heavy atom. The third kappa shape index (κ3) is 5.57. The van der Waals surface area contributed by atoms with E-state index in [0.717, 1.165) is 37.7 Å². The Morgan fingerprint density at radius 1 is 1.08 bits per heavy atom. The van der Waals surface area contributed by atoms with E-state index in [1.54, 1.807) is 6.07 Å². The molecule has 1 saturated heterocycles. The van der Waals surface area contributed by atoms with E-state index >= 15 is 0 Å². The Morgan fingerprint density at radius 3 is 2.49 bits per heavy atom.